The van der Waals surface area contributed by atoms with Crippen LogP contribution in [0.1, 0.15) is 15.9 Å². The first-order chi connectivity index (χ1) is 10.9. The number of aryl methyl sites for hydroxylation is 1. The lowest BCUT2D eigenvalue weighted by atomic mass is 10.2. The molecule has 120 valence electrons. The Kier molecular flexibility index (Phi) is 5.00. The SMILES string of the molecule is Cc1ccc(F)cc1NC(=O)CNC(=O)c1ccc(F)cc1F. The Bertz CT molecular complexity index is 763. The largest absolute Gasteiger partial charge is 0.343 e. The average molecular weight is 322 g/mol. The topological polar surface area (TPSA) is 58.2 Å². The van der Waals surface area contributed by atoms with Crippen LogP contribution in [0, 0.1) is 24.4 Å². The second-order valence-electron chi connectivity index (χ2n) is 4.81. The van der Waals surface area contributed by atoms with E-state index in [0.717, 1.165) is 18.2 Å². The summed E-state index contributed by atoms with van der Waals surface area (Å²) in [6, 6.07) is 6.39. The van der Waals surface area contributed by atoms with E-state index in [1.165, 1.54) is 12.1 Å². The van der Waals surface area contributed by atoms with Gasteiger partial charge in [0, 0.05) is 11.8 Å². The van der Waals surface area contributed by atoms with Gasteiger partial charge in [0.15, 0.2) is 0 Å². The van der Waals surface area contributed by atoms with Crippen molar-refractivity contribution >= 4 is 17.5 Å². The molecule has 7 heteroatoms. The molecule has 4 nitrogen and oxygen atoms in total. The molecule has 0 aliphatic heterocycles. The Balaban J connectivity index is 1.96. The molecule has 0 aromatic heterocycles. The lowest BCUT2D eigenvalue weighted by Crippen LogP contribution is -2.33. The Morgan fingerprint density at radius 2 is 1.65 bits per heavy atom. The lowest BCUT2D eigenvalue weighted by Gasteiger charge is -2.09. The standard InChI is InChI=1S/C16H13F3N2O2/c1-9-2-3-11(18)7-14(9)21-15(22)8-20-16(23)12-5-4-10(17)6-13(12)19/h2-7H,8H2,1H3,(H,20,23)(H,21,22). The van der Waals surface area contributed by atoms with E-state index < -0.39 is 35.8 Å². The number of carbonyl (C=O) groups is 2. The summed E-state index contributed by atoms with van der Waals surface area (Å²) in [5.74, 6) is -3.80. The third kappa shape index (κ3) is 4.32. The molecule has 23 heavy (non-hydrogen) atoms. The van der Waals surface area contributed by atoms with Gasteiger partial charge in [0.25, 0.3) is 5.91 Å². The van der Waals surface area contributed by atoms with Gasteiger partial charge in [-0.3, -0.25) is 9.59 Å². The van der Waals surface area contributed by atoms with Crippen molar-refractivity contribution in [3.8, 4) is 0 Å². The number of amides is 2. The van der Waals surface area contributed by atoms with Gasteiger partial charge in [-0.25, -0.2) is 13.2 Å². The first kappa shape index (κ1) is 16.5. The van der Waals surface area contributed by atoms with Crippen molar-refractivity contribution in [2.45, 2.75) is 6.92 Å². The minimum absolute atomic E-state index is 0.275. The molecule has 2 N–H and O–H groups in total. The molecule has 0 heterocycles. The number of carbonyl (C=O) groups excluding carboxylic acids is 2. The van der Waals surface area contributed by atoms with Crippen LogP contribution in [0.4, 0.5) is 18.9 Å². The molecule has 0 unspecified atom stereocenters. The second kappa shape index (κ2) is 6.95. The molecule has 0 aliphatic carbocycles. The summed E-state index contributed by atoms with van der Waals surface area (Å²) in [6.07, 6.45) is 0. The number of rotatable bonds is 4. The minimum atomic E-state index is -1.02. The van der Waals surface area contributed by atoms with E-state index in [1.54, 1.807) is 6.92 Å². The van der Waals surface area contributed by atoms with Crippen molar-refractivity contribution in [3.05, 3.63) is 65.0 Å². The maximum absolute atomic E-state index is 13.4. The van der Waals surface area contributed by atoms with E-state index >= 15 is 0 Å². The van der Waals surface area contributed by atoms with Gasteiger partial charge in [0.1, 0.15) is 17.5 Å². The van der Waals surface area contributed by atoms with Gasteiger partial charge >= 0.3 is 0 Å². The zero-order valence-corrected chi connectivity index (χ0v) is 12.1. The fourth-order valence-corrected chi connectivity index (χ4v) is 1.85. The first-order valence-electron chi connectivity index (χ1n) is 6.66. The van der Waals surface area contributed by atoms with Crippen molar-refractivity contribution in [2.24, 2.45) is 0 Å². The zero-order chi connectivity index (χ0) is 17.0. The molecule has 0 saturated heterocycles. The molecular weight excluding hydrogens is 309 g/mol. The van der Waals surface area contributed by atoms with Gasteiger partial charge in [0.2, 0.25) is 5.91 Å². The Labute approximate surface area is 130 Å². The van der Waals surface area contributed by atoms with Crippen LogP contribution >= 0.6 is 0 Å². The van der Waals surface area contributed by atoms with Gasteiger partial charge in [-0.15, -0.1) is 0 Å². The number of nitrogens with one attached hydrogen (secondary N) is 2. The smallest absolute Gasteiger partial charge is 0.254 e. The quantitative estimate of drug-likeness (QED) is 0.909. The van der Waals surface area contributed by atoms with Crippen molar-refractivity contribution in [1.82, 2.24) is 5.32 Å². The molecule has 0 spiro atoms. The predicted octanol–water partition coefficient (Wildman–Crippen LogP) is 2.78. The third-order valence-corrected chi connectivity index (χ3v) is 3.06. The van der Waals surface area contributed by atoms with Crippen LogP contribution in [0.15, 0.2) is 36.4 Å². The number of halogens is 3. The predicted molar refractivity (Wildman–Crippen MR) is 78.5 cm³/mol. The minimum Gasteiger partial charge on any atom is -0.343 e. The molecule has 0 bridgehead atoms. The summed E-state index contributed by atoms with van der Waals surface area (Å²) >= 11 is 0. The summed E-state index contributed by atoms with van der Waals surface area (Å²) in [6.45, 7) is 1.24. The van der Waals surface area contributed by atoms with E-state index in [9.17, 15) is 22.8 Å². The molecule has 2 aromatic rings. The molecule has 0 aliphatic rings. The zero-order valence-electron chi connectivity index (χ0n) is 12.1. The van der Waals surface area contributed by atoms with Crippen LogP contribution in [0.2, 0.25) is 0 Å². The summed E-state index contributed by atoms with van der Waals surface area (Å²) in [7, 11) is 0. The Hall–Kier alpha value is -2.83. The maximum atomic E-state index is 13.4. The number of hydrogen-bond donors (Lipinski definition) is 2. The molecule has 0 fully saturated rings. The molecule has 0 saturated carbocycles. The van der Waals surface area contributed by atoms with Crippen LogP contribution in [0.3, 0.4) is 0 Å². The van der Waals surface area contributed by atoms with Crippen LogP contribution in [0.25, 0.3) is 0 Å². The van der Waals surface area contributed by atoms with Gasteiger partial charge in [-0.05, 0) is 36.8 Å². The van der Waals surface area contributed by atoms with Crippen molar-refractivity contribution in [3.63, 3.8) is 0 Å². The van der Waals surface area contributed by atoms with E-state index in [2.05, 4.69) is 10.6 Å². The number of benzene rings is 2. The molecule has 0 atom stereocenters. The molecular formula is C16H13F3N2O2. The fraction of sp³-hybridized carbons (Fsp3) is 0.125. The Morgan fingerprint density at radius 1 is 1.00 bits per heavy atom. The molecule has 2 amide bonds. The molecule has 0 radical (unpaired) electrons. The fourth-order valence-electron chi connectivity index (χ4n) is 1.85. The monoisotopic (exact) mass is 322 g/mol. The van der Waals surface area contributed by atoms with Gasteiger partial charge in [-0.1, -0.05) is 6.07 Å². The van der Waals surface area contributed by atoms with Crippen LogP contribution < -0.4 is 10.6 Å². The second-order valence-corrected chi connectivity index (χ2v) is 4.81. The van der Waals surface area contributed by atoms with Gasteiger partial charge in [-0.2, -0.15) is 0 Å². The van der Waals surface area contributed by atoms with Crippen molar-refractivity contribution in [2.75, 3.05) is 11.9 Å². The Morgan fingerprint density at radius 3 is 2.35 bits per heavy atom. The summed E-state index contributed by atoms with van der Waals surface area (Å²) in [5.41, 5.74) is 0.550. The van der Waals surface area contributed by atoms with Crippen LogP contribution in [-0.2, 0) is 4.79 Å². The lowest BCUT2D eigenvalue weighted by molar-refractivity contribution is -0.115. The highest BCUT2D eigenvalue weighted by molar-refractivity contribution is 5.99. The highest BCUT2D eigenvalue weighted by Gasteiger charge is 2.14. The van der Waals surface area contributed by atoms with Crippen molar-refractivity contribution in [1.29, 1.82) is 0 Å². The van der Waals surface area contributed by atoms with E-state index in [0.29, 0.717) is 11.6 Å². The van der Waals surface area contributed by atoms with E-state index in [1.807, 2.05) is 0 Å². The molecule has 2 aromatic carbocycles. The first-order valence-corrected chi connectivity index (χ1v) is 6.66. The molecule has 2 rings (SSSR count). The normalized spacial score (nSPS) is 10.3. The highest BCUT2D eigenvalue weighted by Crippen LogP contribution is 2.15. The summed E-state index contributed by atoms with van der Waals surface area (Å²) < 4.78 is 39.3. The van der Waals surface area contributed by atoms with Crippen LogP contribution in [-0.4, -0.2) is 18.4 Å². The summed E-state index contributed by atoms with van der Waals surface area (Å²) in [4.78, 5) is 23.5. The number of anilines is 1. The third-order valence-electron chi connectivity index (χ3n) is 3.06. The van der Waals surface area contributed by atoms with Crippen LogP contribution in [0.5, 0.6) is 0 Å². The number of hydrogen-bond acceptors (Lipinski definition) is 2. The van der Waals surface area contributed by atoms with E-state index in [-0.39, 0.29) is 11.3 Å². The maximum Gasteiger partial charge on any atom is 0.254 e. The van der Waals surface area contributed by atoms with Gasteiger partial charge in [0.05, 0.1) is 12.1 Å². The van der Waals surface area contributed by atoms with Gasteiger partial charge < -0.3 is 10.6 Å². The van der Waals surface area contributed by atoms with E-state index in [4.69, 9.17) is 0 Å². The van der Waals surface area contributed by atoms with Crippen molar-refractivity contribution < 1.29 is 22.8 Å². The summed E-state index contributed by atoms with van der Waals surface area (Å²) in [5, 5.41) is 4.64. The average Bonchev–Trinajstić information content (AvgIpc) is 2.48. The highest BCUT2D eigenvalue weighted by atomic mass is 19.1.